The Morgan fingerprint density at radius 3 is 3.14 bits per heavy atom. The minimum absolute atomic E-state index is 0.255. The second-order valence-electron chi connectivity index (χ2n) is 6.69. The van der Waals surface area contributed by atoms with Crippen LogP contribution in [0.15, 0.2) is 12.4 Å². The monoisotopic (exact) mass is 306 g/mol. The van der Waals surface area contributed by atoms with Gasteiger partial charge in [-0.1, -0.05) is 0 Å². The van der Waals surface area contributed by atoms with Gasteiger partial charge in [-0.25, -0.2) is 0 Å². The van der Waals surface area contributed by atoms with Crippen molar-refractivity contribution in [3.8, 4) is 0 Å². The number of carbonyl (C=O) groups excluding carboxylic acids is 1. The average molecular weight is 306 g/mol. The van der Waals surface area contributed by atoms with E-state index in [4.69, 9.17) is 4.74 Å². The van der Waals surface area contributed by atoms with Crippen molar-refractivity contribution in [1.29, 1.82) is 0 Å². The Hall–Kier alpha value is -1.40. The van der Waals surface area contributed by atoms with Gasteiger partial charge in [0.05, 0.1) is 19.3 Å². The number of morpholine rings is 1. The average Bonchev–Trinajstić information content (AvgIpc) is 3.16. The van der Waals surface area contributed by atoms with Gasteiger partial charge < -0.3 is 15.0 Å². The summed E-state index contributed by atoms with van der Waals surface area (Å²) in [5, 5.41) is 7.58. The Morgan fingerprint density at radius 1 is 1.59 bits per heavy atom. The number of nitrogens with zero attached hydrogens (tertiary/aromatic N) is 3. The van der Waals surface area contributed by atoms with Crippen LogP contribution in [0.4, 0.5) is 0 Å². The van der Waals surface area contributed by atoms with E-state index in [0.717, 1.165) is 25.1 Å². The summed E-state index contributed by atoms with van der Waals surface area (Å²) in [6.07, 6.45) is 6.64. The molecule has 1 aromatic heterocycles. The van der Waals surface area contributed by atoms with Crippen LogP contribution in [-0.4, -0.2) is 53.4 Å². The van der Waals surface area contributed by atoms with Gasteiger partial charge in [-0.3, -0.25) is 9.48 Å². The number of nitrogens with one attached hydrogen (secondary N) is 1. The van der Waals surface area contributed by atoms with Crippen molar-refractivity contribution < 1.29 is 9.53 Å². The molecule has 0 aliphatic carbocycles. The zero-order chi connectivity index (χ0) is 15.6. The van der Waals surface area contributed by atoms with Crippen molar-refractivity contribution in [1.82, 2.24) is 20.0 Å². The highest BCUT2D eigenvalue weighted by Crippen LogP contribution is 2.29. The second-order valence-corrected chi connectivity index (χ2v) is 6.69. The molecule has 1 amide bonds. The molecule has 6 heteroatoms. The van der Waals surface area contributed by atoms with Crippen molar-refractivity contribution in [3.63, 3.8) is 0 Å². The molecule has 2 fully saturated rings. The van der Waals surface area contributed by atoms with E-state index in [9.17, 15) is 4.79 Å². The van der Waals surface area contributed by atoms with E-state index in [0.29, 0.717) is 32.0 Å². The van der Waals surface area contributed by atoms with E-state index in [1.54, 1.807) is 4.68 Å². The molecule has 3 rings (SSSR count). The second kappa shape index (κ2) is 6.38. The third-order valence-electron chi connectivity index (χ3n) is 4.87. The van der Waals surface area contributed by atoms with E-state index in [2.05, 4.69) is 10.4 Å². The summed E-state index contributed by atoms with van der Waals surface area (Å²) in [4.78, 5) is 14.5. The lowest BCUT2D eigenvalue weighted by Crippen LogP contribution is -2.50. The third-order valence-corrected chi connectivity index (χ3v) is 4.87. The van der Waals surface area contributed by atoms with Crippen LogP contribution in [-0.2, 0) is 22.2 Å². The lowest BCUT2D eigenvalue weighted by Gasteiger charge is -2.40. The van der Waals surface area contributed by atoms with E-state index < -0.39 is 5.60 Å². The van der Waals surface area contributed by atoms with Crippen molar-refractivity contribution in [3.05, 3.63) is 18.0 Å². The molecule has 0 radical (unpaired) electrons. The van der Waals surface area contributed by atoms with Crippen LogP contribution in [0.25, 0.3) is 0 Å². The molecular formula is C16H26N4O2. The molecule has 1 N–H and O–H groups in total. The zero-order valence-corrected chi connectivity index (χ0v) is 13.5. The molecule has 22 heavy (non-hydrogen) atoms. The highest BCUT2D eigenvalue weighted by atomic mass is 16.5. The molecule has 0 aromatic carbocycles. The first-order chi connectivity index (χ1) is 10.6. The predicted molar refractivity (Wildman–Crippen MR) is 83.3 cm³/mol. The number of carbonyl (C=O) groups is 1. The first-order valence-corrected chi connectivity index (χ1v) is 8.18. The van der Waals surface area contributed by atoms with Crippen LogP contribution in [0.3, 0.4) is 0 Å². The summed E-state index contributed by atoms with van der Waals surface area (Å²) in [5.74, 6) is 0.917. The molecule has 2 unspecified atom stereocenters. The number of aromatic nitrogens is 2. The maximum absolute atomic E-state index is 12.5. The fraction of sp³-hybridized carbons (Fsp3) is 0.750. The largest absolute Gasteiger partial charge is 0.367 e. The number of amides is 1. The summed E-state index contributed by atoms with van der Waals surface area (Å²) in [6.45, 7) is 6.09. The number of ether oxygens (including phenoxy) is 1. The molecule has 6 nitrogen and oxygen atoms in total. The molecule has 2 atom stereocenters. The molecule has 1 aromatic rings. The number of rotatable bonds is 4. The highest BCUT2D eigenvalue weighted by molar-refractivity contribution is 5.76. The van der Waals surface area contributed by atoms with Crippen LogP contribution in [0, 0.1) is 5.92 Å². The lowest BCUT2D eigenvalue weighted by atomic mass is 9.96. The van der Waals surface area contributed by atoms with Gasteiger partial charge in [0.15, 0.2) is 0 Å². The van der Waals surface area contributed by atoms with Gasteiger partial charge in [-0.2, -0.15) is 5.10 Å². The number of aryl methyl sites for hydroxylation is 1. The smallest absolute Gasteiger partial charge is 0.222 e. The quantitative estimate of drug-likeness (QED) is 0.897. The molecule has 0 bridgehead atoms. The molecule has 122 valence electrons. The molecule has 0 saturated carbocycles. The number of hydrogen-bond acceptors (Lipinski definition) is 4. The summed E-state index contributed by atoms with van der Waals surface area (Å²) < 4.78 is 7.74. The van der Waals surface area contributed by atoms with E-state index in [1.165, 1.54) is 6.42 Å². The molecule has 2 aliphatic rings. The maximum Gasteiger partial charge on any atom is 0.222 e. The summed E-state index contributed by atoms with van der Waals surface area (Å²) in [5.41, 5.74) is 0.587. The Labute approximate surface area is 131 Å². The third kappa shape index (κ3) is 3.33. The van der Waals surface area contributed by atoms with Gasteiger partial charge >= 0.3 is 0 Å². The molecule has 2 aliphatic heterocycles. The Balaban J connectivity index is 1.58. The van der Waals surface area contributed by atoms with Crippen LogP contribution in [0.2, 0.25) is 0 Å². The first-order valence-electron chi connectivity index (χ1n) is 8.18. The molecule has 3 heterocycles. The molecular weight excluding hydrogens is 280 g/mol. The van der Waals surface area contributed by atoms with Crippen molar-refractivity contribution >= 4 is 5.91 Å². The van der Waals surface area contributed by atoms with Gasteiger partial charge in [0.1, 0.15) is 5.60 Å². The van der Waals surface area contributed by atoms with Gasteiger partial charge in [0, 0.05) is 31.8 Å². The van der Waals surface area contributed by atoms with Gasteiger partial charge in [-0.05, 0) is 38.8 Å². The van der Waals surface area contributed by atoms with Crippen LogP contribution < -0.4 is 5.32 Å². The van der Waals surface area contributed by atoms with Crippen molar-refractivity contribution in [2.24, 2.45) is 13.0 Å². The van der Waals surface area contributed by atoms with Gasteiger partial charge in [-0.15, -0.1) is 0 Å². The SMILES string of the molecule is Cn1cc(C2(C)CN(C(=O)CCC3CCNC3)CCO2)cn1. The van der Waals surface area contributed by atoms with Crippen molar-refractivity contribution in [2.45, 2.75) is 31.8 Å². The van der Waals surface area contributed by atoms with Crippen LogP contribution in [0.1, 0.15) is 31.7 Å². The normalized spacial score (nSPS) is 29.0. The first kappa shape index (κ1) is 15.5. The van der Waals surface area contributed by atoms with Crippen LogP contribution >= 0.6 is 0 Å². The number of hydrogen-bond donors (Lipinski definition) is 1. The lowest BCUT2D eigenvalue weighted by molar-refractivity contribution is -0.149. The van der Waals surface area contributed by atoms with E-state index >= 15 is 0 Å². The Morgan fingerprint density at radius 2 is 2.45 bits per heavy atom. The summed E-state index contributed by atoms with van der Waals surface area (Å²) in [7, 11) is 1.90. The fourth-order valence-electron chi connectivity index (χ4n) is 3.40. The molecule has 2 saturated heterocycles. The maximum atomic E-state index is 12.5. The Kier molecular flexibility index (Phi) is 4.49. The fourth-order valence-corrected chi connectivity index (χ4v) is 3.40. The van der Waals surface area contributed by atoms with E-state index in [-0.39, 0.29) is 5.91 Å². The van der Waals surface area contributed by atoms with Crippen molar-refractivity contribution in [2.75, 3.05) is 32.8 Å². The minimum Gasteiger partial charge on any atom is -0.367 e. The summed E-state index contributed by atoms with van der Waals surface area (Å²) >= 11 is 0. The van der Waals surface area contributed by atoms with Gasteiger partial charge in [0.2, 0.25) is 5.91 Å². The Bertz CT molecular complexity index is 524. The zero-order valence-electron chi connectivity index (χ0n) is 13.5. The predicted octanol–water partition coefficient (Wildman–Crippen LogP) is 0.884. The van der Waals surface area contributed by atoms with Crippen LogP contribution in [0.5, 0.6) is 0 Å². The minimum atomic E-state index is -0.447. The van der Waals surface area contributed by atoms with Gasteiger partial charge in [0.25, 0.3) is 0 Å². The highest BCUT2D eigenvalue weighted by Gasteiger charge is 2.36. The molecule has 0 spiro atoms. The standard InChI is InChI=1S/C16H26N4O2/c1-16(14-10-18-19(2)11-14)12-20(7-8-22-16)15(21)4-3-13-5-6-17-9-13/h10-11,13,17H,3-9,12H2,1-2H3. The van der Waals surface area contributed by atoms with E-state index in [1.807, 2.05) is 31.3 Å². The topological polar surface area (TPSA) is 59.4 Å². The summed E-state index contributed by atoms with van der Waals surface area (Å²) in [6, 6.07) is 0.